The highest BCUT2D eigenvalue weighted by molar-refractivity contribution is 7.10. The summed E-state index contributed by atoms with van der Waals surface area (Å²) < 4.78 is 15.4. The lowest BCUT2D eigenvalue weighted by Crippen LogP contribution is -2.48. The van der Waals surface area contributed by atoms with Gasteiger partial charge in [0.25, 0.3) is 0 Å². The van der Waals surface area contributed by atoms with Crippen LogP contribution in [0.2, 0.25) is 5.02 Å². The zero-order valence-corrected chi connectivity index (χ0v) is 15.6. The van der Waals surface area contributed by atoms with E-state index in [1.165, 1.54) is 11.3 Å². The molecule has 1 amide bonds. The van der Waals surface area contributed by atoms with Gasteiger partial charge in [0.2, 0.25) is 6.41 Å². The molecule has 0 bridgehead atoms. The van der Waals surface area contributed by atoms with E-state index in [4.69, 9.17) is 11.6 Å². The van der Waals surface area contributed by atoms with Crippen LogP contribution in [-0.4, -0.2) is 35.1 Å². The fourth-order valence-corrected chi connectivity index (χ4v) is 4.45. The first-order valence-electron chi connectivity index (χ1n) is 8.26. The standard InChI is InChI=1S/C18H21ClFN3OS/c1-13-2-3-14(22-9-13)10-21-11-18(20)5-6-23(12-24)16(8-18)17-15(19)4-7-25-17/h2-4,7,9,12,16,21H,5-6,8,10-11H2,1H3. The van der Waals surface area contributed by atoms with E-state index in [0.717, 1.165) is 22.5 Å². The average Bonchev–Trinajstić information content (AvgIpc) is 3.02. The van der Waals surface area contributed by atoms with Crippen LogP contribution in [0, 0.1) is 6.92 Å². The number of carbonyl (C=O) groups is 1. The van der Waals surface area contributed by atoms with Gasteiger partial charge in [-0.1, -0.05) is 17.7 Å². The summed E-state index contributed by atoms with van der Waals surface area (Å²) in [4.78, 5) is 18.2. The molecule has 1 saturated heterocycles. The van der Waals surface area contributed by atoms with Gasteiger partial charge < -0.3 is 10.2 Å². The summed E-state index contributed by atoms with van der Waals surface area (Å²) in [6.07, 6.45) is 3.17. The molecule has 134 valence electrons. The molecule has 3 heterocycles. The fourth-order valence-electron chi connectivity index (χ4n) is 3.14. The summed E-state index contributed by atoms with van der Waals surface area (Å²) in [7, 11) is 0. The first-order chi connectivity index (χ1) is 12.0. The molecule has 7 heteroatoms. The molecule has 3 rings (SSSR count). The van der Waals surface area contributed by atoms with Crippen molar-refractivity contribution in [1.29, 1.82) is 0 Å². The summed E-state index contributed by atoms with van der Waals surface area (Å²) in [6, 6.07) is 5.42. The lowest BCUT2D eigenvalue weighted by molar-refractivity contribution is -0.124. The number of thiophene rings is 1. The average molecular weight is 382 g/mol. The highest BCUT2D eigenvalue weighted by atomic mass is 35.5. The van der Waals surface area contributed by atoms with E-state index in [2.05, 4.69) is 10.3 Å². The predicted molar refractivity (Wildman–Crippen MR) is 98.6 cm³/mol. The number of carbonyl (C=O) groups excluding carboxylic acids is 1. The van der Waals surface area contributed by atoms with Crippen molar-refractivity contribution in [3.8, 4) is 0 Å². The second-order valence-electron chi connectivity index (χ2n) is 6.53. The van der Waals surface area contributed by atoms with Gasteiger partial charge in [-0.25, -0.2) is 4.39 Å². The molecule has 0 aliphatic carbocycles. The monoisotopic (exact) mass is 381 g/mol. The van der Waals surface area contributed by atoms with Crippen molar-refractivity contribution in [3.63, 3.8) is 0 Å². The number of rotatable bonds is 6. The van der Waals surface area contributed by atoms with Crippen LogP contribution >= 0.6 is 22.9 Å². The molecule has 0 aromatic carbocycles. The molecule has 1 aliphatic rings. The van der Waals surface area contributed by atoms with E-state index in [-0.39, 0.29) is 19.0 Å². The lowest BCUT2D eigenvalue weighted by atomic mass is 9.87. The minimum atomic E-state index is -1.37. The second kappa shape index (κ2) is 7.81. The number of piperidine rings is 1. The smallest absolute Gasteiger partial charge is 0.210 e. The molecule has 2 aromatic heterocycles. The minimum Gasteiger partial charge on any atom is -0.337 e. The molecule has 4 nitrogen and oxygen atoms in total. The van der Waals surface area contributed by atoms with Gasteiger partial charge in [0.05, 0.1) is 16.8 Å². The highest BCUT2D eigenvalue weighted by Gasteiger charge is 2.41. The topological polar surface area (TPSA) is 45.2 Å². The molecule has 1 fully saturated rings. The molecule has 2 unspecified atom stereocenters. The number of alkyl halides is 1. The Kier molecular flexibility index (Phi) is 5.71. The number of hydrogen-bond donors (Lipinski definition) is 1. The van der Waals surface area contributed by atoms with Crippen molar-refractivity contribution in [2.75, 3.05) is 13.1 Å². The summed E-state index contributed by atoms with van der Waals surface area (Å²) in [6.45, 7) is 3.13. The van der Waals surface area contributed by atoms with E-state index >= 15 is 4.39 Å². The van der Waals surface area contributed by atoms with Crippen LogP contribution in [-0.2, 0) is 11.3 Å². The molecule has 0 saturated carbocycles. The zero-order valence-electron chi connectivity index (χ0n) is 14.0. The molecular formula is C18H21ClFN3OS. The largest absolute Gasteiger partial charge is 0.337 e. The number of nitrogens with one attached hydrogen (secondary N) is 1. The van der Waals surface area contributed by atoms with Crippen molar-refractivity contribution in [3.05, 3.63) is 50.9 Å². The van der Waals surface area contributed by atoms with Crippen LogP contribution in [0.15, 0.2) is 29.8 Å². The molecule has 0 spiro atoms. The van der Waals surface area contributed by atoms with Gasteiger partial charge >= 0.3 is 0 Å². The van der Waals surface area contributed by atoms with Gasteiger partial charge in [0, 0.05) is 43.5 Å². The van der Waals surface area contributed by atoms with Crippen LogP contribution in [0.5, 0.6) is 0 Å². The van der Waals surface area contributed by atoms with Crippen molar-refractivity contribution in [1.82, 2.24) is 15.2 Å². The first kappa shape index (κ1) is 18.3. The Morgan fingerprint density at radius 2 is 2.36 bits per heavy atom. The second-order valence-corrected chi connectivity index (χ2v) is 7.88. The van der Waals surface area contributed by atoms with Crippen LogP contribution in [0.1, 0.15) is 35.0 Å². The third kappa shape index (κ3) is 4.37. The Labute approximate surface area is 156 Å². The van der Waals surface area contributed by atoms with E-state index in [9.17, 15) is 4.79 Å². The Bertz CT molecular complexity index is 723. The summed E-state index contributed by atoms with van der Waals surface area (Å²) >= 11 is 7.68. The van der Waals surface area contributed by atoms with Gasteiger partial charge in [-0.3, -0.25) is 9.78 Å². The number of aryl methyl sites for hydroxylation is 1. The third-order valence-electron chi connectivity index (χ3n) is 4.58. The van der Waals surface area contributed by atoms with Gasteiger partial charge in [-0.05, 0) is 30.0 Å². The van der Waals surface area contributed by atoms with Gasteiger partial charge in [-0.15, -0.1) is 11.3 Å². The Balaban J connectivity index is 1.63. The molecule has 25 heavy (non-hydrogen) atoms. The molecule has 1 N–H and O–H groups in total. The van der Waals surface area contributed by atoms with E-state index < -0.39 is 5.67 Å². The lowest BCUT2D eigenvalue weighted by Gasteiger charge is -2.40. The summed E-state index contributed by atoms with van der Waals surface area (Å²) in [5, 5.41) is 5.64. The predicted octanol–water partition coefficient (Wildman–Crippen LogP) is 3.90. The van der Waals surface area contributed by atoms with Crippen molar-refractivity contribution in [2.45, 2.75) is 38.0 Å². The van der Waals surface area contributed by atoms with Gasteiger partial charge in [0.15, 0.2) is 0 Å². The van der Waals surface area contributed by atoms with Crippen LogP contribution < -0.4 is 5.32 Å². The number of pyridine rings is 1. The SMILES string of the molecule is Cc1ccc(CNCC2(F)CCN(C=O)C(c3sccc3Cl)C2)nc1. The first-order valence-corrected chi connectivity index (χ1v) is 9.52. The Morgan fingerprint density at radius 1 is 1.52 bits per heavy atom. The maximum atomic E-state index is 15.4. The number of likely N-dealkylation sites (tertiary alicyclic amines) is 1. The maximum Gasteiger partial charge on any atom is 0.210 e. The zero-order chi connectivity index (χ0) is 17.9. The number of nitrogens with zero attached hydrogens (tertiary/aromatic N) is 2. The third-order valence-corrected chi connectivity index (χ3v) is 6.04. The van der Waals surface area contributed by atoms with Crippen molar-refractivity contribution < 1.29 is 9.18 Å². The Hall–Kier alpha value is -1.50. The molecule has 0 radical (unpaired) electrons. The van der Waals surface area contributed by atoms with Gasteiger partial charge in [-0.2, -0.15) is 0 Å². The van der Waals surface area contributed by atoms with Gasteiger partial charge in [0.1, 0.15) is 5.67 Å². The fraction of sp³-hybridized carbons (Fsp3) is 0.444. The molecule has 1 aliphatic heterocycles. The minimum absolute atomic E-state index is 0.231. The highest BCUT2D eigenvalue weighted by Crippen LogP contribution is 2.42. The Morgan fingerprint density at radius 3 is 3.00 bits per heavy atom. The molecule has 2 atom stereocenters. The molecule has 2 aromatic rings. The van der Waals surface area contributed by atoms with E-state index in [1.54, 1.807) is 17.2 Å². The quantitative estimate of drug-likeness (QED) is 0.772. The van der Waals surface area contributed by atoms with Crippen molar-refractivity contribution >= 4 is 29.3 Å². The number of amides is 1. The van der Waals surface area contributed by atoms with Crippen LogP contribution in [0.25, 0.3) is 0 Å². The molecular weight excluding hydrogens is 361 g/mol. The van der Waals surface area contributed by atoms with Crippen LogP contribution in [0.4, 0.5) is 4.39 Å². The van der Waals surface area contributed by atoms with Crippen molar-refractivity contribution in [2.24, 2.45) is 0 Å². The van der Waals surface area contributed by atoms with Crippen LogP contribution in [0.3, 0.4) is 0 Å². The summed E-state index contributed by atoms with van der Waals surface area (Å²) in [5.74, 6) is 0. The number of aromatic nitrogens is 1. The maximum absolute atomic E-state index is 15.4. The summed E-state index contributed by atoms with van der Waals surface area (Å²) in [5.41, 5.74) is 0.613. The number of hydrogen-bond acceptors (Lipinski definition) is 4. The van der Waals surface area contributed by atoms with E-state index in [0.29, 0.717) is 24.5 Å². The number of halogens is 2. The normalized spacial score (nSPS) is 23.6. The van der Waals surface area contributed by atoms with E-state index in [1.807, 2.05) is 24.4 Å².